The Morgan fingerprint density at radius 3 is 2.27 bits per heavy atom. The molecule has 33 heavy (non-hydrogen) atoms. The van der Waals surface area contributed by atoms with Crippen LogP contribution in [-0.4, -0.2) is 35.1 Å². The molecule has 9 heteroatoms. The maximum Gasteiger partial charge on any atom is 0.264 e. The summed E-state index contributed by atoms with van der Waals surface area (Å²) in [6, 6.07) is 19.6. The molecule has 0 radical (unpaired) electrons. The fraction of sp³-hybridized carbons (Fsp3) is 0.208. The molecule has 1 N–H and O–H groups in total. The first kappa shape index (κ1) is 24.6. The number of ether oxygens (including phenoxy) is 2. The Hall–Kier alpha value is -3.04. The van der Waals surface area contributed by atoms with Crippen LogP contribution in [0.4, 0.5) is 5.69 Å². The topological polar surface area (TPSA) is 84.9 Å². The molecule has 1 atom stereocenters. The third-order valence-electron chi connectivity index (χ3n) is 5.01. The Kier molecular flexibility index (Phi) is 7.99. The number of amides is 1. The number of anilines is 1. The molecule has 174 valence electrons. The van der Waals surface area contributed by atoms with Crippen molar-refractivity contribution in [1.29, 1.82) is 0 Å². The number of carbonyl (C=O) groups is 1. The molecule has 3 aromatic carbocycles. The molecule has 1 amide bonds. The van der Waals surface area contributed by atoms with E-state index in [4.69, 9.17) is 9.47 Å². The molecule has 3 aromatic rings. The van der Waals surface area contributed by atoms with Crippen molar-refractivity contribution in [1.82, 2.24) is 5.32 Å². The van der Waals surface area contributed by atoms with Gasteiger partial charge in [-0.1, -0.05) is 34.1 Å². The second kappa shape index (κ2) is 10.7. The van der Waals surface area contributed by atoms with Gasteiger partial charge in [0.2, 0.25) is 5.91 Å². The van der Waals surface area contributed by atoms with Crippen molar-refractivity contribution < 1.29 is 22.7 Å². The lowest BCUT2D eigenvalue weighted by Gasteiger charge is -2.25. The first-order valence-electron chi connectivity index (χ1n) is 10.1. The van der Waals surface area contributed by atoms with Crippen LogP contribution >= 0.6 is 15.9 Å². The molecule has 0 fully saturated rings. The minimum Gasteiger partial charge on any atom is -0.497 e. The highest BCUT2D eigenvalue weighted by Crippen LogP contribution is 2.30. The number of nitrogens with zero attached hydrogens (tertiary/aromatic N) is 1. The van der Waals surface area contributed by atoms with Crippen LogP contribution in [-0.2, 0) is 14.8 Å². The number of carbonyl (C=O) groups excluding carboxylic acids is 1. The summed E-state index contributed by atoms with van der Waals surface area (Å²) in [5.41, 5.74) is 1.09. The van der Waals surface area contributed by atoms with Gasteiger partial charge in [-0.05, 0) is 61.5 Å². The van der Waals surface area contributed by atoms with Gasteiger partial charge in [-0.15, -0.1) is 0 Å². The van der Waals surface area contributed by atoms with E-state index in [1.165, 1.54) is 12.1 Å². The summed E-state index contributed by atoms with van der Waals surface area (Å²) in [6.45, 7) is 1.40. The maximum absolute atomic E-state index is 13.4. The fourth-order valence-electron chi connectivity index (χ4n) is 3.32. The van der Waals surface area contributed by atoms with Crippen LogP contribution < -0.4 is 19.1 Å². The number of nitrogens with one attached hydrogen (secondary N) is 1. The summed E-state index contributed by atoms with van der Waals surface area (Å²) in [5.74, 6) is 0.745. The normalized spacial score (nSPS) is 12.0. The number of benzene rings is 3. The van der Waals surface area contributed by atoms with E-state index in [2.05, 4.69) is 21.2 Å². The number of hydrogen-bond acceptors (Lipinski definition) is 5. The number of methoxy groups -OCH3 is 2. The van der Waals surface area contributed by atoms with Gasteiger partial charge in [-0.2, -0.15) is 0 Å². The van der Waals surface area contributed by atoms with Crippen molar-refractivity contribution >= 4 is 37.5 Å². The quantitative estimate of drug-likeness (QED) is 0.437. The smallest absolute Gasteiger partial charge is 0.264 e. The van der Waals surface area contributed by atoms with Gasteiger partial charge >= 0.3 is 0 Å². The van der Waals surface area contributed by atoms with Crippen molar-refractivity contribution in [2.75, 3.05) is 25.1 Å². The number of hydrogen-bond donors (Lipinski definition) is 1. The molecule has 7 nitrogen and oxygen atoms in total. The predicted molar refractivity (Wildman–Crippen MR) is 131 cm³/mol. The van der Waals surface area contributed by atoms with E-state index in [0.29, 0.717) is 22.7 Å². The van der Waals surface area contributed by atoms with E-state index in [1.54, 1.807) is 81.8 Å². The summed E-state index contributed by atoms with van der Waals surface area (Å²) in [5, 5.41) is 2.87. The Labute approximate surface area is 202 Å². The predicted octanol–water partition coefficient (Wildman–Crippen LogP) is 4.54. The van der Waals surface area contributed by atoms with Gasteiger partial charge in [0.25, 0.3) is 10.0 Å². The zero-order chi connectivity index (χ0) is 24.0. The van der Waals surface area contributed by atoms with E-state index >= 15 is 0 Å². The van der Waals surface area contributed by atoms with Crippen LogP contribution in [0.2, 0.25) is 0 Å². The average molecular weight is 533 g/mol. The Bertz CT molecular complexity index is 1200. The molecule has 0 aliphatic rings. The first-order chi connectivity index (χ1) is 15.8. The van der Waals surface area contributed by atoms with Gasteiger partial charge in [0.05, 0.1) is 30.8 Å². The van der Waals surface area contributed by atoms with E-state index in [9.17, 15) is 13.2 Å². The van der Waals surface area contributed by atoms with Gasteiger partial charge in [0.15, 0.2) is 0 Å². The van der Waals surface area contributed by atoms with E-state index in [1.807, 2.05) is 0 Å². The van der Waals surface area contributed by atoms with Crippen LogP contribution in [0.25, 0.3) is 0 Å². The number of sulfonamides is 1. The Morgan fingerprint density at radius 1 is 1.00 bits per heavy atom. The standard InChI is InChI=1S/C24H25BrN2O5S/c1-17(22-15-20(31-2)13-14-23(22)32-3)26-24(28)16-27(19-11-9-18(25)10-12-19)33(29,30)21-7-5-4-6-8-21/h4-15,17H,16H2,1-3H3,(H,26,28). The van der Waals surface area contributed by atoms with Crippen molar-refractivity contribution in [2.24, 2.45) is 0 Å². The van der Waals surface area contributed by atoms with Crippen molar-refractivity contribution in [3.63, 3.8) is 0 Å². The molecule has 3 rings (SSSR count). The second-order valence-electron chi connectivity index (χ2n) is 7.20. The van der Waals surface area contributed by atoms with Crippen LogP contribution in [0, 0.1) is 0 Å². The number of halogens is 1. The molecular weight excluding hydrogens is 508 g/mol. The van der Waals surface area contributed by atoms with Gasteiger partial charge in [0.1, 0.15) is 18.0 Å². The summed E-state index contributed by atoms with van der Waals surface area (Å²) in [6.07, 6.45) is 0. The van der Waals surface area contributed by atoms with Crippen molar-refractivity contribution in [2.45, 2.75) is 17.9 Å². The van der Waals surface area contributed by atoms with E-state index < -0.39 is 28.5 Å². The molecule has 1 unspecified atom stereocenters. The molecular formula is C24H25BrN2O5S. The summed E-state index contributed by atoms with van der Waals surface area (Å²) < 4.78 is 39.4. The molecule has 0 saturated heterocycles. The van der Waals surface area contributed by atoms with Crippen LogP contribution in [0.15, 0.2) is 82.2 Å². The minimum atomic E-state index is -3.97. The largest absolute Gasteiger partial charge is 0.497 e. The summed E-state index contributed by atoms with van der Waals surface area (Å²) >= 11 is 3.36. The zero-order valence-corrected chi connectivity index (χ0v) is 20.9. The van der Waals surface area contributed by atoms with E-state index in [-0.39, 0.29) is 4.90 Å². The van der Waals surface area contributed by atoms with Crippen LogP contribution in [0.1, 0.15) is 18.5 Å². The highest BCUT2D eigenvalue weighted by atomic mass is 79.9. The minimum absolute atomic E-state index is 0.100. The molecule has 0 bridgehead atoms. The zero-order valence-electron chi connectivity index (χ0n) is 18.5. The highest BCUT2D eigenvalue weighted by Gasteiger charge is 2.28. The van der Waals surface area contributed by atoms with Crippen molar-refractivity contribution in [3.05, 3.63) is 82.8 Å². The first-order valence-corrected chi connectivity index (χ1v) is 12.3. The van der Waals surface area contributed by atoms with Gasteiger partial charge in [-0.3, -0.25) is 9.10 Å². The Balaban J connectivity index is 1.89. The third kappa shape index (κ3) is 5.85. The third-order valence-corrected chi connectivity index (χ3v) is 7.33. The number of rotatable bonds is 9. The lowest BCUT2D eigenvalue weighted by atomic mass is 10.1. The fourth-order valence-corrected chi connectivity index (χ4v) is 5.02. The van der Waals surface area contributed by atoms with Crippen molar-refractivity contribution in [3.8, 4) is 11.5 Å². The molecule has 0 aliphatic carbocycles. The lowest BCUT2D eigenvalue weighted by molar-refractivity contribution is -0.120. The SMILES string of the molecule is COc1ccc(OC)c(C(C)NC(=O)CN(c2ccc(Br)cc2)S(=O)(=O)c2ccccc2)c1. The highest BCUT2D eigenvalue weighted by molar-refractivity contribution is 9.10. The maximum atomic E-state index is 13.4. The van der Waals surface area contributed by atoms with E-state index in [0.717, 1.165) is 8.78 Å². The Morgan fingerprint density at radius 2 is 1.67 bits per heavy atom. The summed E-state index contributed by atoms with van der Waals surface area (Å²) in [7, 11) is -0.875. The average Bonchev–Trinajstić information content (AvgIpc) is 2.83. The summed E-state index contributed by atoms with van der Waals surface area (Å²) in [4.78, 5) is 13.1. The molecule has 0 aliphatic heterocycles. The molecule has 0 spiro atoms. The second-order valence-corrected chi connectivity index (χ2v) is 9.98. The lowest BCUT2D eigenvalue weighted by Crippen LogP contribution is -2.41. The van der Waals surface area contributed by atoms with Gasteiger partial charge < -0.3 is 14.8 Å². The van der Waals surface area contributed by atoms with Gasteiger partial charge in [-0.25, -0.2) is 8.42 Å². The molecule has 0 heterocycles. The molecule has 0 aromatic heterocycles. The van der Waals surface area contributed by atoms with Crippen LogP contribution in [0.5, 0.6) is 11.5 Å². The monoisotopic (exact) mass is 532 g/mol. The van der Waals surface area contributed by atoms with Crippen LogP contribution in [0.3, 0.4) is 0 Å². The van der Waals surface area contributed by atoms with Gasteiger partial charge in [0, 0.05) is 10.0 Å². The molecule has 0 saturated carbocycles.